The van der Waals surface area contributed by atoms with Crippen LogP contribution in [-0.4, -0.2) is 47.7 Å². The van der Waals surface area contributed by atoms with Crippen molar-refractivity contribution < 1.29 is 19.4 Å². The van der Waals surface area contributed by atoms with Gasteiger partial charge in [-0.3, -0.25) is 9.59 Å². The molecule has 1 heterocycles. The molecule has 2 atom stereocenters. The Labute approximate surface area is 136 Å². The number of morpholine rings is 1. The molecule has 2 unspecified atom stereocenters. The zero-order valence-electron chi connectivity index (χ0n) is 13.2. The maximum absolute atomic E-state index is 12.6. The van der Waals surface area contributed by atoms with Gasteiger partial charge in [-0.15, -0.1) is 0 Å². The van der Waals surface area contributed by atoms with Crippen LogP contribution in [0.25, 0.3) is 0 Å². The lowest BCUT2D eigenvalue weighted by Gasteiger charge is -2.36. The SMILES string of the molecule is O=C(O)CC1COCCN1C(=O)CC1CCc2ccccc2C1. The van der Waals surface area contributed by atoms with E-state index in [2.05, 4.69) is 18.2 Å². The van der Waals surface area contributed by atoms with E-state index >= 15 is 0 Å². The number of aliphatic carboxylic acids is 1. The van der Waals surface area contributed by atoms with Crippen molar-refractivity contribution in [2.45, 2.75) is 38.1 Å². The van der Waals surface area contributed by atoms with Crippen LogP contribution in [0, 0.1) is 5.92 Å². The van der Waals surface area contributed by atoms with Gasteiger partial charge in [0.1, 0.15) is 0 Å². The number of carboxylic acids is 1. The summed E-state index contributed by atoms with van der Waals surface area (Å²) in [5.41, 5.74) is 2.74. The van der Waals surface area contributed by atoms with Gasteiger partial charge in [0.05, 0.1) is 25.7 Å². The molecule has 0 bridgehead atoms. The highest BCUT2D eigenvalue weighted by Gasteiger charge is 2.31. The van der Waals surface area contributed by atoms with E-state index in [1.807, 2.05) is 6.07 Å². The van der Waals surface area contributed by atoms with Crippen molar-refractivity contribution in [2.24, 2.45) is 5.92 Å². The average molecular weight is 317 g/mol. The Balaban J connectivity index is 1.61. The first-order chi connectivity index (χ1) is 11.1. The van der Waals surface area contributed by atoms with Crippen LogP contribution < -0.4 is 0 Å². The third-order valence-corrected chi connectivity index (χ3v) is 4.87. The van der Waals surface area contributed by atoms with Crippen molar-refractivity contribution in [3.8, 4) is 0 Å². The van der Waals surface area contributed by atoms with Crippen molar-refractivity contribution in [3.63, 3.8) is 0 Å². The molecule has 0 aromatic heterocycles. The molecule has 1 aliphatic carbocycles. The van der Waals surface area contributed by atoms with Crippen LogP contribution in [0.4, 0.5) is 0 Å². The third-order valence-electron chi connectivity index (χ3n) is 4.87. The summed E-state index contributed by atoms with van der Waals surface area (Å²) in [6.07, 6.45) is 3.45. The van der Waals surface area contributed by atoms with Gasteiger partial charge in [0, 0.05) is 13.0 Å². The van der Waals surface area contributed by atoms with Crippen molar-refractivity contribution in [1.82, 2.24) is 4.90 Å². The first kappa shape index (κ1) is 16.0. The molecule has 0 saturated carbocycles. The maximum atomic E-state index is 12.6. The predicted octanol–water partition coefficient (Wildman–Crippen LogP) is 1.88. The number of hydrogen-bond donors (Lipinski definition) is 1. The Morgan fingerprint density at radius 1 is 1.22 bits per heavy atom. The van der Waals surface area contributed by atoms with E-state index in [1.165, 1.54) is 11.1 Å². The van der Waals surface area contributed by atoms with Crippen LogP contribution in [0.1, 0.15) is 30.4 Å². The van der Waals surface area contributed by atoms with E-state index in [9.17, 15) is 9.59 Å². The molecule has 23 heavy (non-hydrogen) atoms. The molecule has 1 N–H and O–H groups in total. The van der Waals surface area contributed by atoms with E-state index in [-0.39, 0.29) is 18.4 Å². The summed E-state index contributed by atoms with van der Waals surface area (Å²) < 4.78 is 5.34. The molecule has 124 valence electrons. The van der Waals surface area contributed by atoms with Crippen LogP contribution in [0.3, 0.4) is 0 Å². The molecule has 2 aliphatic rings. The largest absolute Gasteiger partial charge is 0.481 e. The van der Waals surface area contributed by atoms with Crippen LogP contribution in [0.15, 0.2) is 24.3 Å². The molecule has 3 rings (SSSR count). The molecule has 5 nitrogen and oxygen atoms in total. The fourth-order valence-corrected chi connectivity index (χ4v) is 3.67. The van der Waals surface area contributed by atoms with Crippen LogP contribution in [-0.2, 0) is 27.2 Å². The zero-order chi connectivity index (χ0) is 16.2. The first-order valence-electron chi connectivity index (χ1n) is 8.29. The van der Waals surface area contributed by atoms with Gasteiger partial charge in [-0.05, 0) is 36.3 Å². The number of aryl methyl sites for hydroxylation is 1. The highest BCUT2D eigenvalue weighted by molar-refractivity contribution is 5.78. The Morgan fingerprint density at radius 3 is 2.78 bits per heavy atom. The second-order valence-electron chi connectivity index (χ2n) is 6.50. The number of carboxylic acid groups (broad SMARTS) is 1. The van der Waals surface area contributed by atoms with Crippen LogP contribution in [0.2, 0.25) is 0 Å². The number of amides is 1. The Bertz CT molecular complexity index is 586. The summed E-state index contributed by atoms with van der Waals surface area (Å²) in [5.74, 6) is -0.459. The van der Waals surface area contributed by atoms with Gasteiger partial charge in [-0.25, -0.2) is 0 Å². The lowest BCUT2D eigenvalue weighted by Crippen LogP contribution is -2.50. The molecule has 1 amide bonds. The van der Waals surface area contributed by atoms with Gasteiger partial charge >= 0.3 is 5.97 Å². The monoisotopic (exact) mass is 317 g/mol. The number of ether oxygens (including phenoxy) is 1. The molecule has 5 heteroatoms. The lowest BCUT2D eigenvalue weighted by molar-refractivity contribution is -0.146. The quantitative estimate of drug-likeness (QED) is 0.921. The predicted molar refractivity (Wildman–Crippen MR) is 85.1 cm³/mol. The minimum Gasteiger partial charge on any atom is -0.481 e. The normalized spacial score (nSPS) is 24.1. The van der Waals surface area contributed by atoms with Crippen molar-refractivity contribution in [3.05, 3.63) is 35.4 Å². The molecular formula is C18H23NO4. The summed E-state index contributed by atoms with van der Waals surface area (Å²) in [6, 6.07) is 8.10. The van der Waals surface area contributed by atoms with E-state index in [0.717, 1.165) is 19.3 Å². The van der Waals surface area contributed by atoms with E-state index < -0.39 is 5.97 Å². The van der Waals surface area contributed by atoms with Gasteiger partial charge in [-0.2, -0.15) is 0 Å². The molecule has 0 radical (unpaired) electrons. The number of rotatable bonds is 4. The van der Waals surface area contributed by atoms with E-state index in [0.29, 0.717) is 32.1 Å². The molecule has 1 fully saturated rings. The third kappa shape index (κ3) is 3.91. The summed E-state index contributed by atoms with van der Waals surface area (Å²) in [7, 11) is 0. The summed E-state index contributed by atoms with van der Waals surface area (Å²) in [5, 5.41) is 9.00. The highest BCUT2D eigenvalue weighted by atomic mass is 16.5. The van der Waals surface area contributed by atoms with Gasteiger partial charge in [0.15, 0.2) is 0 Å². The minimum atomic E-state index is -0.884. The number of nitrogens with zero attached hydrogens (tertiary/aromatic N) is 1. The first-order valence-corrected chi connectivity index (χ1v) is 8.29. The van der Waals surface area contributed by atoms with Gasteiger partial charge < -0.3 is 14.7 Å². The maximum Gasteiger partial charge on any atom is 0.305 e. The molecule has 1 aromatic rings. The van der Waals surface area contributed by atoms with E-state index in [1.54, 1.807) is 4.90 Å². The lowest BCUT2D eigenvalue weighted by atomic mass is 9.82. The topological polar surface area (TPSA) is 66.8 Å². The smallest absolute Gasteiger partial charge is 0.305 e. The number of carbonyl (C=O) groups is 2. The van der Waals surface area contributed by atoms with Gasteiger partial charge in [0.25, 0.3) is 0 Å². The molecule has 1 aromatic carbocycles. The van der Waals surface area contributed by atoms with Crippen molar-refractivity contribution in [1.29, 1.82) is 0 Å². The zero-order valence-corrected chi connectivity index (χ0v) is 13.2. The number of fused-ring (bicyclic) bond motifs is 1. The minimum absolute atomic E-state index is 0.0424. The van der Waals surface area contributed by atoms with E-state index in [4.69, 9.17) is 9.84 Å². The number of carbonyl (C=O) groups excluding carboxylic acids is 1. The second kappa shape index (κ2) is 7.13. The molecule has 0 spiro atoms. The fraction of sp³-hybridized carbons (Fsp3) is 0.556. The standard InChI is InChI=1S/C18H23NO4/c20-17(19-7-8-23-12-16(19)11-18(21)22)10-13-5-6-14-3-1-2-4-15(14)9-13/h1-4,13,16H,5-12H2,(H,21,22). The molecule has 1 aliphatic heterocycles. The summed E-state index contributed by atoms with van der Waals surface area (Å²) >= 11 is 0. The van der Waals surface area contributed by atoms with Crippen molar-refractivity contribution in [2.75, 3.05) is 19.8 Å². The van der Waals surface area contributed by atoms with Gasteiger partial charge in [0.2, 0.25) is 5.91 Å². The Morgan fingerprint density at radius 2 is 2.00 bits per heavy atom. The summed E-state index contributed by atoms with van der Waals surface area (Å²) in [4.78, 5) is 25.3. The summed E-state index contributed by atoms with van der Waals surface area (Å²) in [6.45, 7) is 1.32. The number of benzene rings is 1. The number of hydrogen-bond acceptors (Lipinski definition) is 3. The van der Waals surface area contributed by atoms with Crippen LogP contribution >= 0.6 is 0 Å². The fourth-order valence-electron chi connectivity index (χ4n) is 3.67. The molecular weight excluding hydrogens is 294 g/mol. The Hall–Kier alpha value is -1.88. The average Bonchev–Trinajstić information content (AvgIpc) is 2.54. The van der Waals surface area contributed by atoms with Gasteiger partial charge in [-0.1, -0.05) is 24.3 Å². The highest BCUT2D eigenvalue weighted by Crippen LogP contribution is 2.28. The second-order valence-corrected chi connectivity index (χ2v) is 6.50. The molecule has 1 saturated heterocycles. The Kier molecular flexibility index (Phi) is 4.96. The van der Waals surface area contributed by atoms with Crippen molar-refractivity contribution >= 4 is 11.9 Å². The van der Waals surface area contributed by atoms with Crippen LogP contribution in [0.5, 0.6) is 0 Å².